The molecule has 31 heavy (non-hydrogen) atoms. The summed E-state index contributed by atoms with van der Waals surface area (Å²) < 4.78 is 1.74. The molecule has 4 heterocycles. The normalized spacial score (nSPS) is 11.0. The summed E-state index contributed by atoms with van der Waals surface area (Å²) in [6, 6.07) is 11.3. The summed E-state index contributed by atoms with van der Waals surface area (Å²) >= 11 is 6.28. The lowest BCUT2D eigenvalue weighted by atomic mass is 10.1. The summed E-state index contributed by atoms with van der Waals surface area (Å²) in [5.41, 5.74) is 3.06. The molecule has 0 bridgehead atoms. The van der Waals surface area contributed by atoms with Crippen LogP contribution in [0.25, 0.3) is 28.0 Å². The third kappa shape index (κ3) is 3.40. The van der Waals surface area contributed by atoms with E-state index in [1.807, 2.05) is 30.3 Å². The highest BCUT2D eigenvalue weighted by atomic mass is 35.5. The van der Waals surface area contributed by atoms with Crippen LogP contribution < -0.4 is 5.32 Å². The highest BCUT2D eigenvalue weighted by Crippen LogP contribution is 2.28. The number of nitrogens with one attached hydrogen (secondary N) is 1. The zero-order chi connectivity index (χ0) is 21.4. The topological polar surface area (TPSA) is 103 Å². The van der Waals surface area contributed by atoms with Gasteiger partial charge in [0.2, 0.25) is 0 Å². The first-order chi connectivity index (χ1) is 15.1. The number of pyridine rings is 2. The van der Waals surface area contributed by atoms with Crippen LogP contribution in [-0.2, 0) is 7.05 Å². The van der Waals surface area contributed by atoms with Crippen molar-refractivity contribution in [3.8, 4) is 17.1 Å². The molecule has 1 N–H and O–H groups in total. The van der Waals surface area contributed by atoms with E-state index in [0.717, 1.165) is 22.2 Å². The van der Waals surface area contributed by atoms with Crippen molar-refractivity contribution in [3.05, 3.63) is 78.2 Å². The zero-order valence-electron chi connectivity index (χ0n) is 16.3. The van der Waals surface area contributed by atoms with Crippen LogP contribution in [0, 0.1) is 0 Å². The van der Waals surface area contributed by atoms with E-state index < -0.39 is 0 Å². The maximum atomic E-state index is 12.9. The summed E-state index contributed by atoms with van der Waals surface area (Å²) in [6.45, 7) is 0. The molecule has 1 amide bonds. The second-order valence-electron chi connectivity index (χ2n) is 6.70. The second kappa shape index (κ2) is 7.62. The first-order valence-electron chi connectivity index (χ1n) is 9.31. The largest absolute Gasteiger partial charge is 0.323 e. The standard InChI is InChI=1S/C21H15ClN8O/c1-29-18(15-4-2-6-17-14(15)5-3-7-23-17)12-25-20(29)21(31)28-13-10-16(22)19(24-11-13)30-26-8-9-27-30/h2-12H,1H3,(H,28,31). The number of halogens is 1. The van der Waals surface area contributed by atoms with Crippen LogP contribution in [0.15, 0.2) is 67.4 Å². The van der Waals surface area contributed by atoms with Crippen molar-refractivity contribution in [2.24, 2.45) is 7.05 Å². The van der Waals surface area contributed by atoms with E-state index in [9.17, 15) is 4.79 Å². The van der Waals surface area contributed by atoms with Gasteiger partial charge in [-0.3, -0.25) is 9.78 Å². The average molecular weight is 431 g/mol. The van der Waals surface area contributed by atoms with Crippen molar-refractivity contribution in [2.75, 3.05) is 5.32 Å². The number of carbonyl (C=O) groups is 1. The van der Waals surface area contributed by atoms with Gasteiger partial charge in [-0.25, -0.2) is 9.97 Å². The maximum absolute atomic E-state index is 12.9. The molecule has 4 aromatic heterocycles. The summed E-state index contributed by atoms with van der Waals surface area (Å²) in [5, 5.41) is 12.1. The molecule has 10 heteroatoms. The molecule has 0 saturated carbocycles. The number of carbonyl (C=O) groups excluding carboxylic acids is 1. The van der Waals surface area contributed by atoms with Gasteiger partial charge in [0.25, 0.3) is 5.91 Å². The molecule has 5 aromatic rings. The molecule has 0 radical (unpaired) electrons. The van der Waals surface area contributed by atoms with Crippen LogP contribution in [0.4, 0.5) is 5.69 Å². The molecular weight excluding hydrogens is 416 g/mol. The number of nitrogens with zero attached hydrogens (tertiary/aromatic N) is 7. The van der Waals surface area contributed by atoms with Gasteiger partial charge in [0, 0.05) is 24.2 Å². The lowest BCUT2D eigenvalue weighted by molar-refractivity contribution is 0.101. The number of aromatic nitrogens is 7. The minimum atomic E-state index is -0.380. The van der Waals surface area contributed by atoms with Crippen molar-refractivity contribution in [3.63, 3.8) is 0 Å². The third-order valence-electron chi connectivity index (χ3n) is 4.80. The van der Waals surface area contributed by atoms with Crippen molar-refractivity contribution in [1.82, 2.24) is 34.5 Å². The van der Waals surface area contributed by atoms with Gasteiger partial charge in [-0.1, -0.05) is 29.8 Å². The number of imidazole rings is 1. The van der Waals surface area contributed by atoms with E-state index in [-0.39, 0.29) is 11.7 Å². The minimum absolute atomic E-state index is 0.254. The van der Waals surface area contributed by atoms with E-state index in [2.05, 4.69) is 30.5 Å². The predicted molar refractivity (Wildman–Crippen MR) is 116 cm³/mol. The van der Waals surface area contributed by atoms with E-state index in [1.54, 1.807) is 30.1 Å². The summed E-state index contributed by atoms with van der Waals surface area (Å²) in [4.78, 5) is 27.1. The van der Waals surface area contributed by atoms with E-state index >= 15 is 0 Å². The number of amides is 1. The Morgan fingerprint density at radius 3 is 2.65 bits per heavy atom. The Labute approximate surface area is 181 Å². The smallest absolute Gasteiger partial charge is 0.291 e. The Morgan fingerprint density at radius 2 is 1.84 bits per heavy atom. The van der Waals surface area contributed by atoms with Gasteiger partial charge in [0.05, 0.1) is 46.7 Å². The number of hydrogen-bond acceptors (Lipinski definition) is 6. The molecule has 0 atom stereocenters. The summed E-state index contributed by atoms with van der Waals surface area (Å²) in [6.07, 6.45) is 7.97. The summed E-state index contributed by atoms with van der Waals surface area (Å²) in [5.74, 6) is 0.244. The number of fused-ring (bicyclic) bond motifs is 1. The monoisotopic (exact) mass is 430 g/mol. The van der Waals surface area contributed by atoms with Crippen molar-refractivity contribution < 1.29 is 4.79 Å². The Bertz CT molecular complexity index is 1410. The third-order valence-corrected chi connectivity index (χ3v) is 5.08. The molecule has 1 aromatic carbocycles. The molecule has 0 saturated heterocycles. The van der Waals surface area contributed by atoms with Crippen molar-refractivity contribution in [1.29, 1.82) is 0 Å². The molecule has 0 spiro atoms. The lowest BCUT2D eigenvalue weighted by Gasteiger charge is -2.10. The van der Waals surface area contributed by atoms with Gasteiger partial charge in [-0.15, -0.1) is 4.80 Å². The van der Waals surface area contributed by atoms with Gasteiger partial charge < -0.3 is 9.88 Å². The summed E-state index contributed by atoms with van der Waals surface area (Å²) in [7, 11) is 1.80. The SMILES string of the molecule is Cn1c(-c2cccc3ncccc23)cnc1C(=O)Nc1cnc(-n2nccn2)c(Cl)c1. The van der Waals surface area contributed by atoms with Crippen LogP contribution in [0.5, 0.6) is 0 Å². The molecule has 9 nitrogen and oxygen atoms in total. The van der Waals surface area contributed by atoms with Gasteiger partial charge in [0.15, 0.2) is 11.6 Å². The first-order valence-corrected chi connectivity index (χ1v) is 9.69. The van der Waals surface area contributed by atoms with Crippen LogP contribution in [0.3, 0.4) is 0 Å². The number of hydrogen-bond donors (Lipinski definition) is 1. The van der Waals surface area contributed by atoms with E-state index in [0.29, 0.717) is 16.5 Å². The van der Waals surface area contributed by atoms with Gasteiger partial charge >= 0.3 is 0 Å². The van der Waals surface area contributed by atoms with Crippen LogP contribution in [0.2, 0.25) is 5.02 Å². The first kappa shape index (κ1) is 18.9. The molecule has 0 fully saturated rings. The highest BCUT2D eigenvalue weighted by molar-refractivity contribution is 6.32. The van der Waals surface area contributed by atoms with Crippen molar-refractivity contribution >= 4 is 34.1 Å². The molecule has 5 rings (SSSR count). The van der Waals surface area contributed by atoms with Gasteiger partial charge in [-0.2, -0.15) is 10.2 Å². The highest BCUT2D eigenvalue weighted by Gasteiger charge is 2.18. The van der Waals surface area contributed by atoms with E-state index in [1.165, 1.54) is 23.4 Å². The van der Waals surface area contributed by atoms with Crippen LogP contribution in [0.1, 0.15) is 10.6 Å². The minimum Gasteiger partial charge on any atom is -0.323 e. The quantitative estimate of drug-likeness (QED) is 0.468. The molecule has 0 aliphatic rings. The molecular formula is C21H15ClN8O. The lowest BCUT2D eigenvalue weighted by Crippen LogP contribution is -2.17. The Morgan fingerprint density at radius 1 is 1.00 bits per heavy atom. The molecule has 0 unspecified atom stereocenters. The zero-order valence-corrected chi connectivity index (χ0v) is 17.0. The number of benzene rings is 1. The maximum Gasteiger partial charge on any atom is 0.291 e. The Hall–Kier alpha value is -4.11. The van der Waals surface area contributed by atoms with Crippen LogP contribution >= 0.6 is 11.6 Å². The predicted octanol–water partition coefficient (Wildman–Crippen LogP) is 3.52. The Balaban J connectivity index is 1.44. The Kier molecular flexibility index (Phi) is 4.64. The molecule has 0 aliphatic carbocycles. The second-order valence-corrected chi connectivity index (χ2v) is 7.11. The molecule has 0 aliphatic heterocycles. The van der Waals surface area contributed by atoms with Crippen molar-refractivity contribution in [2.45, 2.75) is 0 Å². The number of anilines is 1. The fraction of sp³-hybridized carbons (Fsp3) is 0.0476. The average Bonchev–Trinajstić information content (AvgIpc) is 3.43. The van der Waals surface area contributed by atoms with Gasteiger partial charge in [0.1, 0.15) is 0 Å². The number of rotatable bonds is 4. The fourth-order valence-electron chi connectivity index (χ4n) is 3.36. The van der Waals surface area contributed by atoms with E-state index in [4.69, 9.17) is 11.6 Å². The molecule has 152 valence electrons. The van der Waals surface area contributed by atoms with Crippen LogP contribution in [-0.4, -0.2) is 40.4 Å². The van der Waals surface area contributed by atoms with Gasteiger partial charge in [-0.05, 0) is 18.2 Å². The fourth-order valence-corrected chi connectivity index (χ4v) is 3.60.